The van der Waals surface area contributed by atoms with Crippen molar-refractivity contribution in [1.82, 2.24) is 20.5 Å². The Balaban J connectivity index is 2.16. The number of amides is 3. The molecule has 2 aromatic rings. The van der Waals surface area contributed by atoms with Crippen LogP contribution in [0.25, 0.3) is 11.3 Å². The van der Waals surface area contributed by atoms with E-state index in [9.17, 15) is 14.4 Å². The molecule has 142 valence electrons. The quantitative estimate of drug-likeness (QED) is 0.812. The molecule has 1 atom stereocenters. The summed E-state index contributed by atoms with van der Waals surface area (Å²) in [6.07, 6.45) is 1.82. The second-order valence-electron chi connectivity index (χ2n) is 6.23. The topological polar surface area (TPSA) is 91.4 Å². The van der Waals surface area contributed by atoms with Crippen LogP contribution in [0.4, 0.5) is 0 Å². The zero-order valence-electron chi connectivity index (χ0n) is 15.9. The highest BCUT2D eigenvalue weighted by molar-refractivity contribution is 5.96. The minimum atomic E-state index is -0.219. The van der Waals surface area contributed by atoms with Crippen molar-refractivity contribution in [3.63, 3.8) is 0 Å². The number of benzene rings is 1. The van der Waals surface area contributed by atoms with Crippen LogP contribution in [-0.4, -0.2) is 54.8 Å². The van der Waals surface area contributed by atoms with E-state index in [-0.39, 0.29) is 30.2 Å². The highest BCUT2D eigenvalue weighted by Gasteiger charge is 2.19. The lowest BCUT2D eigenvalue weighted by Gasteiger charge is -2.24. The number of nitrogens with zero attached hydrogens (tertiary/aromatic N) is 2. The third-order valence-electron chi connectivity index (χ3n) is 4.42. The van der Waals surface area contributed by atoms with Crippen LogP contribution in [0.5, 0.6) is 0 Å². The first-order chi connectivity index (χ1) is 12.9. The van der Waals surface area contributed by atoms with Crippen LogP contribution in [0.2, 0.25) is 0 Å². The summed E-state index contributed by atoms with van der Waals surface area (Å²) in [5, 5.41) is 5.14. The van der Waals surface area contributed by atoms with E-state index >= 15 is 0 Å². The van der Waals surface area contributed by atoms with Crippen LogP contribution < -0.4 is 10.6 Å². The summed E-state index contributed by atoms with van der Waals surface area (Å²) in [6.45, 7) is 1.83. The summed E-state index contributed by atoms with van der Waals surface area (Å²) >= 11 is 0. The van der Waals surface area contributed by atoms with Gasteiger partial charge < -0.3 is 15.5 Å². The predicted octanol–water partition coefficient (Wildman–Crippen LogP) is 1.70. The maximum absolute atomic E-state index is 12.6. The second kappa shape index (κ2) is 8.93. The third-order valence-corrected chi connectivity index (χ3v) is 4.42. The molecule has 0 unspecified atom stereocenters. The highest BCUT2D eigenvalue weighted by atomic mass is 16.2. The number of hydrogen-bond acceptors (Lipinski definition) is 4. The normalized spacial score (nSPS) is 11.4. The molecule has 27 heavy (non-hydrogen) atoms. The van der Waals surface area contributed by atoms with E-state index in [4.69, 9.17) is 0 Å². The summed E-state index contributed by atoms with van der Waals surface area (Å²) < 4.78 is 0. The molecule has 0 spiro atoms. The Kier molecular flexibility index (Phi) is 6.65. The van der Waals surface area contributed by atoms with E-state index in [1.54, 1.807) is 68.6 Å². The molecule has 7 nitrogen and oxygen atoms in total. The first-order valence-corrected chi connectivity index (χ1v) is 8.63. The molecule has 2 N–H and O–H groups in total. The van der Waals surface area contributed by atoms with Crippen molar-refractivity contribution in [2.24, 2.45) is 0 Å². The highest BCUT2D eigenvalue weighted by Crippen LogP contribution is 2.19. The Hall–Kier alpha value is -3.22. The van der Waals surface area contributed by atoms with Crippen molar-refractivity contribution in [2.45, 2.75) is 19.4 Å². The number of carbonyl (C=O) groups is 3. The van der Waals surface area contributed by atoms with Gasteiger partial charge in [0.05, 0.1) is 5.69 Å². The van der Waals surface area contributed by atoms with Crippen LogP contribution >= 0.6 is 0 Å². The first kappa shape index (κ1) is 20.1. The van der Waals surface area contributed by atoms with Crippen LogP contribution in [-0.2, 0) is 4.79 Å². The van der Waals surface area contributed by atoms with Gasteiger partial charge in [-0.3, -0.25) is 19.4 Å². The number of aromatic nitrogens is 1. The minimum absolute atomic E-state index is 0.112. The third kappa shape index (κ3) is 4.91. The first-order valence-electron chi connectivity index (χ1n) is 8.63. The van der Waals surface area contributed by atoms with Gasteiger partial charge in [0.15, 0.2) is 0 Å². The predicted molar refractivity (Wildman–Crippen MR) is 103 cm³/mol. The van der Waals surface area contributed by atoms with E-state index < -0.39 is 0 Å². The van der Waals surface area contributed by atoms with Gasteiger partial charge in [-0.2, -0.15) is 0 Å². The fourth-order valence-corrected chi connectivity index (χ4v) is 2.57. The maximum atomic E-state index is 12.6. The SMILES string of the molecule is CNC(=O)C[C@H](C)N(C)C(=O)c1ccc(-c2cc(C(=O)NC)ccn2)cc1. The standard InChI is InChI=1S/C20H24N4O3/c1-13(11-18(25)21-2)24(4)20(27)15-7-5-14(6-8-15)17-12-16(9-10-23-17)19(26)22-3/h5-10,12-13H,11H2,1-4H3,(H,21,25)(H,22,26)/t13-/m0/s1. The van der Waals surface area contributed by atoms with Crippen LogP contribution in [0, 0.1) is 0 Å². The molecule has 1 aromatic carbocycles. The van der Waals surface area contributed by atoms with E-state index in [1.165, 1.54) is 0 Å². The number of carbonyl (C=O) groups excluding carboxylic acids is 3. The van der Waals surface area contributed by atoms with E-state index in [1.807, 2.05) is 6.92 Å². The Bertz CT molecular complexity index is 833. The minimum Gasteiger partial charge on any atom is -0.359 e. The van der Waals surface area contributed by atoms with Gasteiger partial charge in [0.1, 0.15) is 0 Å². The van der Waals surface area contributed by atoms with Gasteiger partial charge in [-0.05, 0) is 31.2 Å². The van der Waals surface area contributed by atoms with Crippen molar-refractivity contribution in [1.29, 1.82) is 0 Å². The van der Waals surface area contributed by atoms with Crippen molar-refractivity contribution in [2.75, 3.05) is 21.1 Å². The zero-order valence-corrected chi connectivity index (χ0v) is 15.9. The lowest BCUT2D eigenvalue weighted by Crippen LogP contribution is -2.38. The molecule has 0 aliphatic heterocycles. The molecule has 1 aromatic heterocycles. The summed E-state index contributed by atoms with van der Waals surface area (Å²) in [6, 6.07) is 10.1. The Labute approximate surface area is 158 Å². The molecule has 2 rings (SSSR count). The summed E-state index contributed by atoms with van der Waals surface area (Å²) in [5.74, 6) is -0.457. The molecule has 0 radical (unpaired) electrons. The van der Waals surface area contributed by atoms with Crippen LogP contribution in [0.3, 0.4) is 0 Å². The lowest BCUT2D eigenvalue weighted by molar-refractivity contribution is -0.121. The van der Waals surface area contributed by atoms with Crippen molar-refractivity contribution >= 4 is 17.7 Å². The van der Waals surface area contributed by atoms with Gasteiger partial charge >= 0.3 is 0 Å². The number of rotatable bonds is 6. The Morgan fingerprint density at radius 3 is 2.30 bits per heavy atom. The number of pyridine rings is 1. The molecular formula is C20H24N4O3. The lowest BCUT2D eigenvalue weighted by atomic mass is 10.1. The summed E-state index contributed by atoms with van der Waals surface area (Å²) in [5.41, 5.74) is 2.49. The fourth-order valence-electron chi connectivity index (χ4n) is 2.57. The van der Waals surface area contributed by atoms with Crippen molar-refractivity contribution in [3.8, 4) is 11.3 Å². The molecule has 0 fully saturated rings. The van der Waals surface area contributed by atoms with E-state index in [2.05, 4.69) is 15.6 Å². The average molecular weight is 368 g/mol. The van der Waals surface area contributed by atoms with Gasteiger partial charge in [-0.15, -0.1) is 0 Å². The Morgan fingerprint density at radius 2 is 1.70 bits per heavy atom. The molecule has 1 heterocycles. The molecule has 3 amide bonds. The van der Waals surface area contributed by atoms with Gasteiger partial charge in [-0.25, -0.2) is 0 Å². The molecular weight excluding hydrogens is 344 g/mol. The maximum Gasteiger partial charge on any atom is 0.253 e. The van der Waals surface area contributed by atoms with Gasteiger partial charge in [-0.1, -0.05) is 12.1 Å². The van der Waals surface area contributed by atoms with E-state index in [0.29, 0.717) is 16.8 Å². The van der Waals surface area contributed by atoms with Crippen molar-refractivity contribution < 1.29 is 14.4 Å². The molecule has 7 heteroatoms. The van der Waals surface area contributed by atoms with Gasteiger partial charge in [0.2, 0.25) is 5.91 Å². The molecule has 0 saturated carbocycles. The van der Waals surface area contributed by atoms with Crippen molar-refractivity contribution in [3.05, 3.63) is 53.7 Å². The summed E-state index contributed by atoms with van der Waals surface area (Å²) in [4.78, 5) is 41.7. The molecule has 0 bridgehead atoms. The fraction of sp³-hybridized carbons (Fsp3) is 0.300. The van der Waals surface area contributed by atoms with Crippen LogP contribution in [0.1, 0.15) is 34.1 Å². The number of hydrogen-bond donors (Lipinski definition) is 2. The van der Waals surface area contributed by atoms with E-state index in [0.717, 1.165) is 5.56 Å². The largest absolute Gasteiger partial charge is 0.359 e. The van der Waals surface area contributed by atoms with Crippen LogP contribution in [0.15, 0.2) is 42.6 Å². The number of nitrogens with one attached hydrogen (secondary N) is 2. The molecule has 0 aliphatic rings. The molecule has 0 aliphatic carbocycles. The average Bonchev–Trinajstić information content (AvgIpc) is 2.72. The Morgan fingerprint density at radius 1 is 1.04 bits per heavy atom. The summed E-state index contributed by atoms with van der Waals surface area (Å²) in [7, 11) is 4.82. The zero-order chi connectivity index (χ0) is 20.0. The molecule has 0 saturated heterocycles. The van der Waals surface area contributed by atoms with Gasteiger partial charge in [0, 0.05) is 56.5 Å². The second-order valence-corrected chi connectivity index (χ2v) is 6.23. The van der Waals surface area contributed by atoms with Gasteiger partial charge in [0.25, 0.3) is 11.8 Å². The monoisotopic (exact) mass is 368 g/mol. The smallest absolute Gasteiger partial charge is 0.253 e.